The molecule has 0 aliphatic heterocycles. The zero-order valence-corrected chi connectivity index (χ0v) is 17.3. The Labute approximate surface area is 169 Å². The Bertz CT molecular complexity index is 954. The average molecular weight is 403 g/mol. The first-order valence-corrected chi connectivity index (χ1v) is 10.2. The summed E-state index contributed by atoms with van der Waals surface area (Å²) in [4.78, 5) is 15.1. The lowest BCUT2D eigenvalue weighted by Crippen LogP contribution is -2.62. The fourth-order valence-electron chi connectivity index (χ4n) is 4.75. The summed E-state index contributed by atoms with van der Waals surface area (Å²) in [6, 6.07) is 3.77. The lowest BCUT2D eigenvalue weighted by molar-refractivity contribution is -0.136. The first kappa shape index (κ1) is 20.0. The van der Waals surface area contributed by atoms with Crippen LogP contribution in [-0.4, -0.2) is 46.4 Å². The molecule has 29 heavy (non-hydrogen) atoms. The number of carbonyl (C=O) groups excluding carboxylic acids is 1. The van der Waals surface area contributed by atoms with Gasteiger partial charge in [-0.25, -0.2) is 13.5 Å². The summed E-state index contributed by atoms with van der Waals surface area (Å²) < 4.78 is 34.5. The Hall–Kier alpha value is -2.28. The molecule has 2 aliphatic rings. The molecule has 1 heterocycles. The number of hydrogen-bond donors (Lipinski definition) is 0. The maximum Gasteiger partial charge on any atom is 0.274 e. The molecule has 156 valence electrons. The molecule has 1 saturated carbocycles. The van der Waals surface area contributed by atoms with Crippen LogP contribution >= 0.6 is 0 Å². The normalized spacial score (nSPS) is 22.3. The number of amides is 1. The van der Waals surface area contributed by atoms with E-state index in [0.29, 0.717) is 18.0 Å². The second-order valence-corrected chi connectivity index (χ2v) is 8.57. The minimum atomic E-state index is -0.923. The third-order valence-corrected chi connectivity index (χ3v) is 6.56. The lowest BCUT2D eigenvalue weighted by Gasteiger charge is -2.54. The average Bonchev–Trinajstić information content (AvgIpc) is 3.29. The second-order valence-electron chi connectivity index (χ2n) is 8.57. The van der Waals surface area contributed by atoms with Crippen molar-refractivity contribution in [3.05, 3.63) is 46.8 Å². The second kappa shape index (κ2) is 7.20. The van der Waals surface area contributed by atoms with Crippen LogP contribution in [0.3, 0.4) is 0 Å². The highest BCUT2D eigenvalue weighted by atomic mass is 19.2. The van der Waals surface area contributed by atoms with Gasteiger partial charge in [-0.15, -0.1) is 0 Å². The van der Waals surface area contributed by atoms with Gasteiger partial charge in [-0.05, 0) is 44.7 Å². The fourth-order valence-corrected chi connectivity index (χ4v) is 4.75. The highest BCUT2D eigenvalue weighted by Crippen LogP contribution is 2.46. The van der Waals surface area contributed by atoms with Gasteiger partial charge in [-0.2, -0.15) is 5.10 Å². The summed E-state index contributed by atoms with van der Waals surface area (Å²) in [6.07, 6.45) is 3.39. The van der Waals surface area contributed by atoms with Crippen LogP contribution in [0.1, 0.15) is 55.4 Å². The van der Waals surface area contributed by atoms with E-state index in [4.69, 9.17) is 4.74 Å². The van der Waals surface area contributed by atoms with E-state index in [1.54, 1.807) is 9.58 Å². The smallest absolute Gasteiger partial charge is 0.274 e. The Kier molecular flexibility index (Phi) is 4.97. The molecule has 7 heteroatoms. The van der Waals surface area contributed by atoms with Crippen molar-refractivity contribution in [1.29, 1.82) is 0 Å². The zero-order chi connectivity index (χ0) is 20.9. The van der Waals surface area contributed by atoms with Gasteiger partial charge in [0.05, 0.1) is 11.8 Å². The SMILES string of the molecule is CCO[C@H]1C[C@@H](N(C)C(=O)c2nn(-c3ccc(F)c(F)c3)c3c2CCC3)C1(C)C. The Morgan fingerprint density at radius 2 is 2.07 bits per heavy atom. The molecule has 0 N–H and O–H groups in total. The molecule has 2 aliphatic carbocycles. The standard InChI is InChI=1S/C22H27F2N3O2/c1-5-29-19-12-18(22(19,2)3)26(4)21(28)20-14-7-6-8-17(14)27(25-20)13-9-10-15(23)16(24)11-13/h9-11,18-19H,5-8,12H2,1-4H3/t18-,19+/m1/s1. The van der Waals surface area contributed by atoms with E-state index in [0.717, 1.165) is 49.1 Å². The molecule has 1 amide bonds. The van der Waals surface area contributed by atoms with Crippen molar-refractivity contribution in [2.24, 2.45) is 5.41 Å². The van der Waals surface area contributed by atoms with E-state index < -0.39 is 11.6 Å². The van der Waals surface area contributed by atoms with Gasteiger partial charge in [0.2, 0.25) is 0 Å². The molecule has 2 atom stereocenters. The minimum absolute atomic E-state index is 0.0667. The number of benzene rings is 1. The largest absolute Gasteiger partial charge is 0.378 e. The number of rotatable bonds is 5. The van der Waals surface area contributed by atoms with Gasteiger partial charge in [0.25, 0.3) is 5.91 Å². The van der Waals surface area contributed by atoms with Crippen LogP contribution in [0.2, 0.25) is 0 Å². The minimum Gasteiger partial charge on any atom is -0.378 e. The summed E-state index contributed by atoms with van der Waals surface area (Å²) >= 11 is 0. The number of fused-ring (bicyclic) bond motifs is 1. The molecule has 0 bridgehead atoms. The maximum absolute atomic E-state index is 13.8. The number of carbonyl (C=O) groups is 1. The highest BCUT2D eigenvalue weighted by Gasteiger charge is 2.52. The summed E-state index contributed by atoms with van der Waals surface area (Å²) in [6.45, 7) is 6.88. The summed E-state index contributed by atoms with van der Waals surface area (Å²) in [7, 11) is 1.81. The van der Waals surface area contributed by atoms with Crippen LogP contribution in [-0.2, 0) is 17.6 Å². The Morgan fingerprint density at radius 3 is 2.72 bits per heavy atom. The number of aromatic nitrogens is 2. The molecular weight excluding hydrogens is 376 g/mol. The quantitative estimate of drug-likeness (QED) is 0.760. The number of hydrogen-bond acceptors (Lipinski definition) is 3. The van der Waals surface area contributed by atoms with Gasteiger partial charge in [0.1, 0.15) is 0 Å². The third-order valence-electron chi connectivity index (χ3n) is 6.56. The first-order valence-electron chi connectivity index (χ1n) is 10.2. The van der Waals surface area contributed by atoms with Gasteiger partial charge < -0.3 is 9.64 Å². The molecule has 5 nitrogen and oxygen atoms in total. The monoisotopic (exact) mass is 403 g/mol. The van der Waals surface area contributed by atoms with Crippen molar-refractivity contribution >= 4 is 5.91 Å². The molecular formula is C22H27F2N3O2. The van der Waals surface area contributed by atoms with Gasteiger partial charge in [-0.3, -0.25) is 4.79 Å². The molecule has 1 aromatic carbocycles. The first-order chi connectivity index (χ1) is 13.8. The number of halogens is 2. The van der Waals surface area contributed by atoms with Crippen molar-refractivity contribution in [1.82, 2.24) is 14.7 Å². The Balaban J connectivity index is 1.64. The van der Waals surface area contributed by atoms with Crippen molar-refractivity contribution < 1.29 is 18.3 Å². The molecule has 2 aromatic rings. The van der Waals surface area contributed by atoms with Crippen LogP contribution in [0.15, 0.2) is 18.2 Å². The van der Waals surface area contributed by atoms with E-state index in [1.165, 1.54) is 6.07 Å². The number of nitrogens with zero attached hydrogens (tertiary/aromatic N) is 3. The fraction of sp³-hybridized carbons (Fsp3) is 0.545. The third kappa shape index (κ3) is 3.16. The molecule has 0 radical (unpaired) electrons. The van der Waals surface area contributed by atoms with Crippen LogP contribution < -0.4 is 0 Å². The summed E-state index contributed by atoms with van der Waals surface area (Å²) in [5.41, 5.74) is 2.55. The zero-order valence-electron chi connectivity index (χ0n) is 17.3. The topological polar surface area (TPSA) is 47.4 Å². The van der Waals surface area contributed by atoms with Gasteiger partial charge in [0, 0.05) is 42.4 Å². The van der Waals surface area contributed by atoms with E-state index in [2.05, 4.69) is 18.9 Å². The van der Waals surface area contributed by atoms with E-state index in [9.17, 15) is 13.6 Å². The predicted octanol–water partition coefficient (Wildman–Crippen LogP) is 3.91. The van der Waals surface area contributed by atoms with E-state index in [1.807, 2.05) is 14.0 Å². The van der Waals surface area contributed by atoms with Crippen LogP contribution in [0.4, 0.5) is 8.78 Å². The molecule has 0 spiro atoms. The predicted molar refractivity (Wildman–Crippen MR) is 105 cm³/mol. The van der Waals surface area contributed by atoms with Crippen LogP contribution in [0.25, 0.3) is 5.69 Å². The Morgan fingerprint density at radius 1 is 1.31 bits per heavy atom. The summed E-state index contributed by atoms with van der Waals surface area (Å²) in [5, 5.41) is 4.54. The van der Waals surface area contributed by atoms with Crippen molar-refractivity contribution in [3.63, 3.8) is 0 Å². The summed E-state index contributed by atoms with van der Waals surface area (Å²) in [5.74, 6) is -1.95. The van der Waals surface area contributed by atoms with Gasteiger partial charge in [0.15, 0.2) is 17.3 Å². The van der Waals surface area contributed by atoms with Gasteiger partial charge in [-0.1, -0.05) is 13.8 Å². The highest BCUT2D eigenvalue weighted by molar-refractivity contribution is 5.94. The lowest BCUT2D eigenvalue weighted by atomic mass is 9.63. The molecule has 1 aromatic heterocycles. The van der Waals surface area contributed by atoms with E-state index in [-0.39, 0.29) is 23.5 Å². The van der Waals surface area contributed by atoms with Gasteiger partial charge >= 0.3 is 0 Å². The van der Waals surface area contributed by atoms with Crippen LogP contribution in [0.5, 0.6) is 0 Å². The number of ether oxygens (including phenoxy) is 1. The molecule has 4 rings (SSSR count). The van der Waals surface area contributed by atoms with Crippen molar-refractivity contribution in [3.8, 4) is 5.69 Å². The maximum atomic E-state index is 13.8. The van der Waals surface area contributed by atoms with Crippen molar-refractivity contribution in [2.75, 3.05) is 13.7 Å². The van der Waals surface area contributed by atoms with Crippen molar-refractivity contribution in [2.45, 2.75) is 58.6 Å². The molecule has 1 fully saturated rings. The van der Waals surface area contributed by atoms with E-state index >= 15 is 0 Å². The van der Waals surface area contributed by atoms with Crippen LogP contribution in [0, 0.1) is 17.0 Å². The molecule has 0 saturated heterocycles. The molecule has 0 unspecified atom stereocenters.